The molecule has 0 saturated carbocycles. The Morgan fingerprint density at radius 2 is 1.94 bits per heavy atom. The molecule has 0 spiro atoms. The van der Waals surface area contributed by atoms with Crippen molar-refractivity contribution in [3.8, 4) is 0 Å². The maximum Gasteiger partial charge on any atom is 0.307 e. The average Bonchev–Trinajstić information content (AvgIpc) is 2.45. The Bertz CT molecular complexity index is 498. The van der Waals surface area contributed by atoms with Gasteiger partial charge in [-0.25, -0.2) is 0 Å². The first kappa shape index (κ1) is 14.3. The molecule has 1 N–H and O–H groups in total. The highest BCUT2D eigenvalue weighted by atomic mass is 32.3. The molecule has 1 amide bonds. The maximum absolute atomic E-state index is 12.6. The SMILES string of the molecule is O=C1CC(S(=O)(=O)F)CN1CCCS(=O)(=O)O. The molecule has 1 aliphatic heterocycles. The summed E-state index contributed by atoms with van der Waals surface area (Å²) >= 11 is 0. The molecule has 7 nitrogen and oxygen atoms in total. The molecule has 1 rings (SSSR count). The summed E-state index contributed by atoms with van der Waals surface area (Å²) in [5.41, 5.74) is 0. The van der Waals surface area contributed by atoms with Gasteiger partial charge in [-0.1, -0.05) is 0 Å². The van der Waals surface area contributed by atoms with Gasteiger partial charge in [0.05, 0.1) is 5.75 Å². The van der Waals surface area contributed by atoms with E-state index in [9.17, 15) is 25.5 Å². The second-order valence-electron chi connectivity index (χ2n) is 3.78. The van der Waals surface area contributed by atoms with Crippen LogP contribution in [0.15, 0.2) is 0 Å². The van der Waals surface area contributed by atoms with Crippen LogP contribution in [0.3, 0.4) is 0 Å². The number of nitrogens with zero attached hydrogens (tertiary/aromatic N) is 1. The molecule has 1 unspecified atom stereocenters. The molecular weight excluding hydrogens is 277 g/mol. The Hall–Kier alpha value is -0.740. The molecule has 0 aromatic rings. The van der Waals surface area contributed by atoms with Crippen molar-refractivity contribution in [2.75, 3.05) is 18.8 Å². The molecular formula is C7H12FNO6S2. The predicted octanol–water partition coefficient (Wildman–Crippen LogP) is -0.835. The third-order valence-corrected chi connectivity index (χ3v) is 4.32. The van der Waals surface area contributed by atoms with Crippen molar-refractivity contribution in [3.05, 3.63) is 0 Å². The van der Waals surface area contributed by atoms with Crippen molar-refractivity contribution >= 4 is 26.2 Å². The van der Waals surface area contributed by atoms with Crippen LogP contribution in [0.4, 0.5) is 3.89 Å². The van der Waals surface area contributed by atoms with Crippen LogP contribution >= 0.6 is 0 Å². The number of likely N-dealkylation sites (tertiary alicyclic amines) is 1. The monoisotopic (exact) mass is 289 g/mol. The van der Waals surface area contributed by atoms with Gasteiger partial charge in [0.15, 0.2) is 0 Å². The van der Waals surface area contributed by atoms with Crippen molar-refractivity contribution in [3.63, 3.8) is 0 Å². The molecule has 0 aromatic carbocycles. The van der Waals surface area contributed by atoms with E-state index in [1.807, 2.05) is 0 Å². The summed E-state index contributed by atoms with van der Waals surface area (Å²) in [6, 6.07) is 0. The first-order chi connectivity index (χ1) is 7.59. The van der Waals surface area contributed by atoms with Gasteiger partial charge in [-0.05, 0) is 6.42 Å². The average molecular weight is 289 g/mol. The van der Waals surface area contributed by atoms with Gasteiger partial charge in [0.2, 0.25) is 5.91 Å². The van der Waals surface area contributed by atoms with Crippen molar-refractivity contribution < 1.29 is 30.1 Å². The molecule has 1 heterocycles. The lowest BCUT2D eigenvalue weighted by molar-refractivity contribution is -0.127. The standard InChI is InChI=1S/C7H12FNO6S2/c8-17(14,15)6-4-7(10)9(5-6)2-1-3-16(11,12)13/h6H,1-5H2,(H,11,12,13). The lowest BCUT2D eigenvalue weighted by Gasteiger charge is -2.14. The number of halogens is 1. The summed E-state index contributed by atoms with van der Waals surface area (Å²) in [7, 11) is -8.86. The highest BCUT2D eigenvalue weighted by Crippen LogP contribution is 2.19. The Balaban J connectivity index is 2.50. The Morgan fingerprint density at radius 1 is 1.35 bits per heavy atom. The summed E-state index contributed by atoms with van der Waals surface area (Å²) in [4.78, 5) is 12.3. The number of hydrogen-bond donors (Lipinski definition) is 1. The summed E-state index contributed by atoms with van der Waals surface area (Å²) in [5.74, 6) is -1.06. The van der Waals surface area contributed by atoms with Gasteiger partial charge in [-0.2, -0.15) is 16.8 Å². The zero-order valence-corrected chi connectivity index (χ0v) is 10.4. The topological polar surface area (TPSA) is 109 Å². The molecule has 0 bridgehead atoms. The van der Waals surface area contributed by atoms with Crippen LogP contribution < -0.4 is 0 Å². The van der Waals surface area contributed by atoms with Gasteiger partial charge in [0.25, 0.3) is 10.1 Å². The largest absolute Gasteiger partial charge is 0.341 e. The number of carbonyl (C=O) groups excluding carboxylic acids is 1. The van der Waals surface area contributed by atoms with E-state index in [2.05, 4.69) is 0 Å². The minimum absolute atomic E-state index is 0.0232. The Kier molecular flexibility index (Phi) is 4.10. The van der Waals surface area contributed by atoms with Gasteiger partial charge in [0.1, 0.15) is 5.25 Å². The fourth-order valence-electron chi connectivity index (χ4n) is 1.58. The lowest BCUT2D eigenvalue weighted by Crippen LogP contribution is -2.29. The lowest BCUT2D eigenvalue weighted by atomic mass is 10.4. The van der Waals surface area contributed by atoms with Crippen LogP contribution in [0, 0.1) is 0 Å². The van der Waals surface area contributed by atoms with E-state index < -0.39 is 43.7 Å². The van der Waals surface area contributed by atoms with Crippen LogP contribution in [0.1, 0.15) is 12.8 Å². The van der Waals surface area contributed by atoms with Crippen LogP contribution in [-0.2, 0) is 25.1 Å². The van der Waals surface area contributed by atoms with Crippen molar-refractivity contribution in [1.29, 1.82) is 0 Å². The van der Waals surface area contributed by atoms with E-state index in [1.165, 1.54) is 0 Å². The third kappa shape index (κ3) is 4.56. The highest BCUT2D eigenvalue weighted by Gasteiger charge is 2.38. The Labute approximate surface area is 98.6 Å². The number of carbonyl (C=O) groups is 1. The first-order valence-corrected chi connectivity index (χ1v) is 7.81. The minimum atomic E-state index is -4.75. The van der Waals surface area contributed by atoms with E-state index in [1.54, 1.807) is 0 Å². The summed E-state index contributed by atoms with van der Waals surface area (Å²) < 4.78 is 63.0. The zero-order chi connectivity index (χ0) is 13.3. The van der Waals surface area contributed by atoms with Gasteiger partial charge in [-0.15, -0.1) is 3.89 Å². The highest BCUT2D eigenvalue weighted by molar-refractivity contribution is 7.87. The quantitative estimate of drug-likeness (QED) is 0.522. The predicted molar refractivity (Wildman–Crippen MR) is 56.0 cm³/mol. The summed E-state index contributed by atoms with van der Waals surface area (Å²) in [6.45, 7) is -0.298. The second-order valence-corrected chi connectivity index (χ2v) is 6.97. The number of rotatable bonds is 5. The molecule has 1 aliphatic rings. The molecule has 0 aliphatic carbocycles. The number of amides is 1. The fourth-order valence-corrected chi connectivity index (χ4v) is 2.77. The second kappa shape index (κ2) is 4.86. The molecule has 1 atom stereocenters. The minimum Gasteiger partial charge on any atom is -0.341 e. The molecule has 1 fully saturated rings. The van der Waals surface area contributed by atoms with Crippen molar-refractivity contribution in [2.45, 2.75) is 18.1 Å². The summed E-state index contributed by atoms with van der Waals surface area (Å²) in [6.07, 6.45) is -0.450. The van der Waals surface area contributed by atoms with E-state index >= 15 is 0 Å². The molecule has 17 heavy (non-hydrogen) atoms. The van der Waals surface area contributed by atoms with Gasteiger partial charge in [0, 0.05) is 19.5 Å². The van der Waals surface area contributed by atoms with Crippen LogP contribution in [0.5, 0.6) is 0 Å². The molecule has 0 radical (unpaired) electrons. The van der Waals surface area contributed by atoms with Crippen molar-refractivity contribution in [2.24, 2.45) is 0 Å². The fraction of sp³-hybridized carbons (Fsp3) is 0.857. The molecule has 10 heteroatoms. The maximum atomic E-state index is 12.6. The zero-order valence-electron chi connectivity index (χ0n) is 8.74. The van der Waals surface area contributed by atoms with Gasteiger partial charge < -0.3 is 4.90 Å². The third-order valence-electron chi connectivity index (χ3n) is 2.41. The van der Waals surface area contributed by atoms with Crippen LogP contribution in [0.2, 0.25) is 0 Å². The first-order valence-electron chi connectivity index (χ1n) is 4.76. The number of hydrogen-bond acceptors (Lipinski definition) is 5. The van der Waals surface area contributed by atoms with Gasteiger partial charge >= 0.3 is 10.2 Å². The van der Waals surface area contributed by atoms with Crippen LogP contribution in [0.25, 0.3) is 0 Å². The smallest absolute Gasteiger partial charge is 0.307 e. The van der Waals surface area contributed by atoms with Crippen molar-refractivity contribution in [1.82, 2.24) is 4.90 Å². The summed E-state index contributed by atoms with van der Waals surface area (Å²) in [5, 5.41) is -1.37. The normalized spacial score (nSPS) is 22.1. The Morgan fingerprint density at radius 3 is 2.35 bits per heavy atom. The molecule has 100 valence electrons. The van der Waals surface area contributed by atoms with Crippen LogP contribution in [-0.4, -0.2) is 56.3 Å². The molecule has 1 saturated heterocycles. The van der Waals surface area contributed by atoms with E-state index in [0.29, 0.717) is 0 Å². The van der Waals surface area contributed by atoms with Gasteiger partial charge in [-0.3, -0.25) is 9.35 Å². The van der Waals surface area contributed by atoms with E-state index in [4.69, 9.17) is 4.55 Å². The van der Waals surface area contributed by atoms with E-state index in [0.717, 1.165) is 4.90 Å². The molecule has 0 aromatic heterocycles. The van der Waals surface area contributed by atoms with E-state index in [-0.39, 0.29) is 19.5 Å².